The molecule has 0 aliphatic heterocycles. The molecule has 3 heteroatoms. The monoisotopic (exact) mass is 261 g/mol. The van der Waals surface area contributed by atoms with Gasteiger partial charge >= 0.3 is 0 Å². The van der Waals surface area contributed by atoms with Crippen molar-refractivity contribution < 1.29 is 10.2 Å². The SMILES string of the molecule is Oc1ccc2c(c1)CCC2NCC1CCCC(O)C1. The maximum atomic E-state index is 9.70. The zero-order valence-electron chi connectivity index (χ0n) is 11.3. The molecule has 0 saturated heterocycles. The number of phenols is 1. The molecular formula is C16H23NO2. The largest absolute Gasteiger partial charge is 0.508 e. The van der Waals surface area contributed by atoms with Crippen molar-refractivity contribution >= 4 is 0 Å². The summed E-state index contributed by atoms with van der Waals surface area (Å²) >= 11 is 0. The summed E-state index contributed by atoms with van der Waals surface area (Å²) in [6, 6.07) is 6.14. The zero-order valence-corrected chi connectivity index (χ0v) is 11.3. The Hall–Kier alpha value is -1.06. The summed E-state index contributed by atoms with van der Waals surface area (Å²) in [5.74, 6) is 0.986. The average molecular weight is 261 g/mol. The van der Waals surface area contributed by atoms with Gasteiger partial charge in [0.2, 0.25) is 0 Å². The number of hydrogen-bond acceptors (Lipinski definition) is 3. The summed E-state index contributed by atoms with van der Waals surface area (Å²) < 4.78 is 0. The van der Waals surface area contributed by atoms with Gasteiger partial charge in [0, 0.05) is 6.04 Å². The second-order valence-electron chi connectivity index (χ2n) is 6.07. The molecule has 3 unspecified atom stereocenters. The van der Waals surface area contributed by atoms with E-state index in [1.807, 2.05) is 12.1 Å². The Morgan fingerprint density at radius 3 is 2.95 bits per heavy atom. The second kappa shape index (κ2) is 5.51. The lowest BCUT2D eigenvalue weighted by Gasteiger charge is -2.27. The number of aromatic hydroxyl groups is 1. The average Bonchev–Trinajstić information content (AvgIpc) is 2.78. The third kappa shape index (κ3) is 2.93. The summed E-state index contributed by atoms with van der Waals surface area (Å²) in [6.07, 6.45) is 6.39. The number of phenolic OH excluding ortho intramolecular Hbond substituents is 1. The highest BCUT2D eigenvalue weighted by Gasteiger charge is 2.25. The van der Waals surface area contributed by atoms with Crippen molar-refractivity contribution in [2.45, 2.75) is 50.7 Å². The Balaban J connectivity index is 1.57. The molecule has 1 aromatic rings. The highest BCUT2D eigenvalue weighted by atomic mass is 16.3. The zero-order chi connectivity index (χ0) is 13.2. The number of aliphatic hydroxyl groups excluding tert-OH is 1. The first-order valence-corrected chi connectivity index (χ1v) is 7.45. The number of hydrogen-bond donors (Lipinski definition) is 3. The lowest BCUT2D eigenvalue weighted by molar-refractivity contribution is 0.0996. The number of aliphatic hydroxyl groups is 1. The van der Waals surface area contributed by atoms with Crippen LogP contribution < -0.4 is 5.32 Å². The number of benzene rings is 1. The highest BCUT2D eigenvalue weighted by Crippen LogP contribution is 2.34. The van der Waals surface area contributed by atoms with Crippen molar-refractivity contribution in [1.29, 1.82) is 0 Å². The molecule has 3 rings (SSSR count). The fourth-order valence-electron chi connectivity index (χ4n) is 3.57. The maximum Gasteiger partial charge on any atom is 0.115 e. The van der Waals surface area contributed by atoms with Crippen LogP contribution in [0.1, 0.15) is 49.3 Å². The first-order valence-electron chi connectivity index (χ1n) is 7.45. The number of aryl methyl sites for hydroxylation is 1. The van der Waals surface area contributed by atoms with Crippen LogP contribution in [-0.4, -0.2) is 22.9 Å². The maximum absolute atomic E-state index is 9.70. The molecule has 0 spiro atoms. The van der Waals surface area contributed by atoms with Gasteiger partial charge in [-0.2, -0.15) is 0 Å². The lowest BCUT2D eigenvalue weighted by Crippen LogP contribution is -2.30. The van der Waals surface area contributed by atoms with Gasteiger partial charge < -0.3 is 15.5 Å². The van der Waals surface area contributed by atoms with Crippen LogP contribution in [0.5, 0.6) is 5.75 Å². The Morgan fingerprint density at radius 1 is 1.21 bits per heavy atom. The van der Waals surface area contributed by atoms with Gasteiger partial charge in [-0.25, -0.2) is 0 Å². The van der Waals surface area contributed by atoms with E-state index in [0.29, 0.717) is 17.7 Å². The second-order valence-corrected chi connectivity index (χ2v) is 6.07. The van der Waals surface area contributed by atoms with Crippen LogP contribution in [-0.2, 0) is 6.42 Å². The minimum atomic E-state index is -0.0895. The normalized spacial score (nSPS) is 30.3. The third-order valence-corrected chi connectivity index (χ3v) is 4.61. The molecule has 3 nitrogen and oxygen atoms in total. The molecule has 0 amide bonds. The Kier molecular flexibility index (Phi) is 3.76. The van der Waals surface area contributed by atoms with Crippen LogP contribution in [0.2, 0.25) is 0 Å². The van der Waals surface area contributed by atoms with Gasteiger partial charge in [-0.15, -0.1) is 0 Å². The summed E-state index contributed by atoms with van der Waals surface area (Å²) in [5.41, 5.74) is 2.62. The van der Waals surface area contributed by atoms with E-state index in [-0.39, 0.29) is 6.10 Å². The molecule has 2 aliphatic carbocycles. The lowest BCUT2D eigenvalue weighted by atomic mass is 9.87. The predicted octanol–water partition coefficient (Wildman–Crippen LogP) is 2.52. The highest BCUT2D eigenvalue weighted by molar-refractivity contribution is 5.40. The molecular weight excluding hydrogens is 238 g/mol. The molecule has 0 aromatic heterocycles. The van der Waals surface area contributed by atoms with Crippen LogP contribution in [0, 0.1) is 5.92 Å². The topological polar surface area (TPSA) is 52.5 Å². The Bertz CT molecular complexity index is 446. The molecule has 0 radical (unpaired) electrons. The van der Waals surface area contributed by atoms with Gasteiger partial charge in [0.1, 0.15) is 5.75 Å². The summed E-state index contributed by atoms with van der Waals surface area (Å²) in [4.78, 5) is 0. The molecule has 3 atom stereocenters. The fraction of sp³-hybridized carbons (Fsp3) is 0.625. The van der Waals surface area contributed by atoms with Crippen molar-refractivity contribution in [3.63, 3.8) is 0 Å². The third-order valence-electron chi connectivity index (χ3n) is 4.61. The summed E-state index contributed by atoms with van der Waals surface area (Å²) in [5, 5.41) is 22.9. The van der Waals surface area contributed by atoms with Crippen molar-refractivity contribution in [2.75, 3.05) is 6.54 Å². The van der Waals surface area contributed by atoms with E-state index in [1.165, 1.54) is 17.5 Å². The van der Waals surface area contributed by atoms with Crippen LogP contribution >= 0.6 is 0 Å². The quantitative estimate of drug-likeness (QED) is 0.783. The van der Waals surface area contributed by atoms with Crippen molar-refractivity contribution in [1.82, 2.24) is 5.32 Å². The fourth-order valence-corrected chi connectivity index (χ4v) is 3.57. The van der Waals surface area contributed by atoms with E-state index in [4.69, 9.17) is 0 Å². The molecule has 19 heavy (non-hydrogen) atoms. The first-order chi connectivity index (χ1) is 9.22. The van der Waals surface area contributed by atoms with Crippen molar-refractivity contribution in [3.8, 4) is 5.75 Å². The molecule has 0 heterocycles. The molecule has 2 aliphatic rings. The molecule has 3 N–H and O–H groups in total. The van der Waals surface area contributed by atoms with E-state index in [0.717, 1.165) is 38.6 Å². The van der Waals surface area contributed by atoms with Gasteiger partial charge in [0.15, 0.2) is 0 Å². The van der Waals surface area contributed by atoms with E-state index >= 15 is 0 Å². The van der Waals surface area contributed by atoms with Crippen LogP contribution in [0.25, 0.3) is 0 Å². The molecule has 1 saturated carbocycles. The van der Waals surface area contributed by atoms with Gasteiger partial charge in [-0.3, -0.25) is 0 Å². The van der Waals surface area contributed by atoms with Crippen LogP contribution in [0.3, 0.4) is 0 Å². The van der Waals surface area contributed by atoms with E-state index < -0.39 is 0 Å². The minimum absolute atomic E-state index is 0.0895. The molecule has 104 valence electrons. The Morgan fingerprint density at radius 2 is 2.11 bits per heavy atom. The summed E-state index contributed by atoms with van der Waals surface area (Å²) in [7, 11) is 0. The van der Waals surface area contributed by atoms with Gasteiger partial charge in [0.25, 0.3) is 0 Å². The van der Waals surface area contributed by atoms with Crippen molar-refractivity contribution in [2.24, 2.45) is 5.92 Å². The van der Waals surface area contributed by atoms with E-state index in [1.54, 1.807) is 6.07 Å². The molecule has 1 fully saturated rings. The first kappa shape index (κ1) is 12.9. The predicted molar refractivity (Wildman–Crippen MR) is 75.1 cm³/mol. The van der Waals surface area contributed by atoms with E-state index in [2.05, 4.69) is 5.32 Å². The standard InChI is InChI=1S/C16H23NO2/c18-13-3-1-2-11(8-13)10-17-16-7-4-12-9-14(19)5-6-15(12)16/h5-6,9,11,13,16-19H,1-4,7-8,10H2. The molecule has 0 bridgehead atoms. The van der Waals surface area contributed by atoms with Gasteiger partial charge in [-0.1, -0.05) is 12.5 Å². The van der Waals surface area contributed by atoms with E-state index in [9.17, 15) is 10.2 Å². The smallest absolute Gasteiger partial charge is 0.115 e. The van der Waals surface area contributed by atoms with Gasteiger partial charge in [0.05, 0.1) is 6.10 Å². The van der Waals surface area contributed by atoms with Crippen molar-refractivity contribution in [3.05, 3.63) is 29.3 Å². The number of fused-ring (bicyclic) bond motifs is 1. The number of rotatable bonds is 3. The minimum Gasteiger partial charge on any atom is -0.508 e. The van der Waals surface area contributed by atoms with Gasteiger partial charge in [-0.05, 0) is 67.8 Å². The molecule has 1 aromatic carbocycles. The Labute approximate surface area is 114 Å². The van der Waals surface area contributed by atoms with Crippen LogP contribution in [0.15, 0.2) is 18.2 Å². The van der Waals surface area contributed by atoms with Crippen LogP contribution in [0.4, 0.5) is 0 Å². The number of nitrogens with one attached hydrogen (secondary N) is 1. The summed E-state index contributed by atoms with van der Waals surface area (Å²) in [6.45, 7) is 1.00.